The maximum atomic E-state index is 5.92. The van der Waals surface area contributed by atoms with Crippen LogP contribution < -0.4 is 5.73 Å². The standard InChI is InChI=1S/C13H24N4.ClH/c1-10(2)17-9-12(11(3)15-17)8-16-6-4-13(14)5-7-16;/h9-10,13H,4-8,14H2,1-3H3;1H. The zero-order chi connectivity index (χ0) is 12.4. The summed E-state index contributed by atoms with van der Waals surface area (Å²) in [6.07, 6.45) is 4.43. The van der Waals surface area contributed by atoms with Gasteiger partial charge in [-0.3, -0.25) is 9.58 Å². The summed E-state index contributed by atoms with van der Waals surface area (Å²) in [6, 6.07) is 0.850. The molecule has 5 heteroatoms. The number of aromatic nitrogens is 2. The van der Waals surface area contributed by atoms with Gasteiger partial charge in [0, 0.05) is 30.4 Å². The summed E-state index contributed by atoms with van der Waals surface area (Å²) in [5, 5.41) is 4.56. The summed E-state index contributed by atoms with van der Waals surface area (Å²) in [4.78, 5) is 2.48. The molecule has 1 saturated heterocycles. The highest BCUT2D eigenvalue weighted by molar-refractivity contribution is 5.85. The van der Waals surface area contributed by atoms with Crippen molar-refractivity contribution in [2.24, 2.45) is 5.73 Å². The fourth-order valence-electron chi connectivity index (χ4n) is 2.29. The maximum absolute atomic E-state index is 5.92. The lowest BCUT2D eigenvalue weighted by Gasteiger charge is -2.29. The molecular weight excluding hydrogens is 248 g/mol. The Bertz CT molecular complexity index is 367. The van der Waals surface area contributed by atoms with Gasteiger partial charge in [-0.25, -0.2) is 0 Å². The fourth-order valence-corrected chi connectivity index (χ4v) is 2.29. The van der Waals surface area contributed by atoms with Crippen LogP contribution in [0.2, 0.25) is 0 Å². The van der Waals surface area contributed by atoms with Crippen molar-refractivity contribution in [1.29, 1.82) is 0 Å². The molecular formula is C13H25ClN4. The van der Waals surface area contributed by atoms with E-state index in [1.54, 1.807) is 0 Å². The van der Waals surface area contributed by atoms with Crippen molar-refractivity contribution in [3.8, 4) is 0 Å². The fraction of sp³-hybridized carbons (Fsp3) is 0.769. The molecule has 0 radical (unpaired) electrons. The summed E-state index contributed by atoms with van der Waals surface area (Å²) in [5.41, 5.74) is 8.44. The highest BCUT2D eigenvalue weighted by Gasteiger charge is 2.17. The lowest BCUT2D eigenvalue weighted by Crippen LogP contribution is -2.39. The van der Waals surface area contributed by atoms with E-state index in [-0.39, 0.29) is 12.4 Å². The predicted molar refractivity (Wildman–Crippen MR) is 77.1 cm³/mol. The Morgan fingerprint density at radius 3 is 2.50 bits per heavy atom. The van der Waals surface area contributed by atoms with E-state index < -0.39 is 0 Å². The van der Waals surface area contributed by atoms with E-state index in [1.807, 2.05) is 0 Å². The van der Waals surface area contributed by atoms with Crippen LogP contribution in [-0.4, -0.2) is 33.8 Å². The van der Waals surface area contributed by atoms with Gasteiger partial charge in [0.15, 0.2) is 0 Å². The van der Waals surface area contributed by atoms with Gasteiger partial charge in [-0.15, -0.1) is 12.4 Å². The van der Waals surface area contributed by atoms with Crippen LogP contribution in [0.4, 0.5) is 0 Å². The van der Waals surface area contributed by atoms with Crippen molar-refractivity contribution in [2.45, 2.75) is 52.2 Å². The first-order chi connectivity index (χ1) is 8.06. The van der Waals surface area contributed by atoms with E-state index in [0.717, 1.165) is 38.2 Å². The summed E-state index contributed by atoms with van der Waals surface area (Å²) < 4.78 is 2.06. The Hall–Kier alpha value is -0.580. The van der Waals surface area contributed by atoms with Gasteiger partial charge in [0.25, 0.3) is 0 Å². The number of nitrogens with zero attached hydrogens (tertiary/aromatic N) is 3. The molecule has 0 spiro atoms. The van der Waals surface area contributed by atoms with Gasteiger partial charge in [-0.2, -0.15) is 5.10 Å². The lowest BCUT2D eigenvalue weighted by atomic mass is 10.1. The molecule has 2 rings (SSSR count). The molecule has 18 heavy (non-hydrogen) atoms. The first kappa shape index (κ1) is 15.5. The van der Waals surface area contributed by atoms with Crippen LogP contribution in [0.25, 0.3) is 0 Å². The summed E-state index contributed by atoms with van der Waals surface area (Å²) >= 11 is 0. The third kappa shape index (κ3) is 3.70. The molecule has 1 aliphatic heterocycles. The minimum Gasteiger partial charge on any atom is -0.328 e. The Labute approximate surface area is 116 Å². The van der Waals surface area contributed by atoms with Crippen molar-refractivity contribution in [2.75, 3.05) is 13.1 Å². The molecule has 2 N–H and O–H groups in total. The predicted octanol–water partition coefficient (Wildman–Crippen LogP) is 2.12. The Morgan fingerprint density at radius 1 is 1.39 bits per heavy atom. The molecule has 1 aromatic heterocycles. The molecule has 0 bridgehead atoms. The smallest absolute Gasteiger partial charge is 0.0638 e. The van der Waals surface area contributed by atoms with Crippen LogP contribution in [-0.2, 0) is 6.54 Å². The molecule has 1 aliphatic rings. The van der Waals surface area contributed by atoms with Gasteiger partial charge in [-0.05, 0) is 46.7 Å². The zero-order valence-corrected chi connectivity index (χ0v) is 12.4. The number of hydrogen-bond acceptors (Lipinski definition) is 3. The number of nitrogens with two attached hydrogens (primary N) is 1. The largest absolute Gasteiger partial charge is 0.328 e. The summed E-state index contributed by atoms with van der Waals surface area (Å²) in [6.45, 7) is 9.68. The second-order valence-corrected chi connectivity index (χ2v) is 5.43. The molecule has 2 heterocycles. The van der Waals surface area contributed by atoms with Gasteiger partial charge in [0.05, 0.1) is 5.69 Å². The highest BCUT2D eigenvalue weighted by atomic mass is 35.5. The average molecular weight is 273 g/mol. The summed E-state index contributed by atoms with van der Waals surface area (Å²) in [5.74, 6) is 0. The molecule has 0 aliphatic carbocycles. The van der Waals surface area contributed by atoms with E-state index >= 15 is 0 Å². The van der Waals surface area contributed by atoms with E-state index in [0.29, 0.717) is 12.1 Å². The number of likely N-dealkylation sites (tertiary alicyclic amines) is 1. The Balaban J connectivity index is 0.00000162. The third-order valence-corrected chi connectivity index (χ3v) is 3.57. The molecule has 0 amide bonds. The van der Waals surface area contributed by atoms with Gasteiger partial charge in [-0.1, -0.05) is 0 Å². The Morgan fingerprint density at radius 2 is 2.00 bits per heavy atom. The van der Waals surface area contributed by atoms with E-state index in [2.05, 4.69) is 41.6 Å². The van der Waals surface area contributed by atoms with Crippen molar-refractivity contribution in [3.05, 3.63) is 17.5 Å². The normalized spacial score (nSPS) is 18.1. The monoisotopic (exact) mass is 272 g/mol. The van der Waals surface area contributed by atoms with Crippen molar-refractivity contribution in [1.82, 2.24) is 14.7 Å². The third-order valence-electron chi connectivity index (χ3n) is 3.57. The van der Waals surface area contributed by atoms with E-state index in [1.165, 1.54) is 5.56 Å². The first-order valence-corrected chi connectivity index (χ1v) is 6.59. The van der Waals surface area contributed by atoms with Crippen molar-refractivity contribution < 1.29 is 0 Å². The number of aryl methyl sites for hydroxylation is 1. The van der Waals surface area contributed by atoms with Gasteiger partial charge in [0.2, 0.25) is 0 Å². The summed E-state index contributed by atoms with van der Waals surface area (Å²) in [7, 11) is 0. The first-order valence-electron chi connectivity index (χ1n) is 6.59. The second kappa shape index (κ2) is 6.55. The molecule has 0 unspecified atom stereocenters. The highest BCUT2D eigenvalue weighted by Crippen LogP contribution is 2.16. The zero-order valence-electron chi connectivity index (χ0n) is 11.6. The molecule has 104 valence electrons. The average Bonchev–Trinajstić information content (AvgIpc) is 2.64. The van der Waals surface area contributed by atoms with Crippen molar-refractivity contribution >= 4 is 12.4 Å². The van der Waals surface area contributed by atoms with Crippen LogP contribution in [0.1, 0.15) is 44.0 Å². The van der Waals surface area contributed by atoms with Gasteiger partial charge < -0.3 is 5.73 Å². The molecule has 1 aromatic rings. The van der Waals surface area contributed by atoms with Crippen LogP contribution in [0, 0.1) is 6.92 Å². The van der Waals surface area contributed by atoms with Crippen LogP contribution in [0.15, 0.2) is 6.20 Å². The number of piperidine rings is 1. The molecule has 4 nitrogen and oxygen atoms in total. The van der Waals surface area contributed by atoms with Gasteiger partial charge in [0.1, 0.15) is 0 Å². The van der Waals surface area contributed by atoms with Crippen LogP contribution in [0.5, 0.6) is 0 Å². The van der Waals surface area contributed by atoms with Crippen LogP contribution >= 0.6 is 12.4 Å². The van der Waals surface area contributed by atoms with E-state index in [4.69, 9.17) is 5.73 Å². The quantitative estimate of drug-likeness (QED) is 0.917. The second-order valence-electron chi connectivity index (χ2n) is 5.43. The molecule has 0 aromatic carbocycles. The number of hydrogen-bond donors (Lipinski definition) is 1. The molecule has 0 saturated carbocycles. The minimum absolute atomic E-state index is 0. The lowest BCUT2D eigenvalue weighted by molar-refractivity contribution is 0.205. The maximum Gasteiger partial charge on any atom is 0.0638 e. The van der Waals surface area contributed by atoms with Gasteiger partial charge >= 0.3 is 0 Å². The number of halogens is 1. The molecule has 1 fully saturated rings. The SMILES string of the molecule is Cc1nn(C(C)C)cc1CN1CCC(N)CC1.Cl. The minimum atomic E-state index is 0. The number of rotatable bonds is 3. The molecule has 0 atom stereocenters. The van der Waals surface area contributed by atoms with E-state index in [9.17, 15) is 0 Å². The van der Waals surface area contributed by atoms with Crippen molar-refractivity contribution in [3.63, 3.8) is 0 Å². The topological polar surface area (TPSA) is 47.1 Å². The van der Waals surface area contributed by atoms with Crippen LogP contribution in [0.3, 0.4) is 0 Å². The Kier molecular flexibility index (Phi) is 5.63.